The van der Waals surface area contributed by atoms with E-state index in [4.69, 9.17) is 5.73 Å². The molecular weight excluding hydrogens is 166 g/mol. The molecule has 3 N–H and O–H groups in total. The molecule has 0 aliphatic rings. The van der Waals surface area contributed by atoms with Crippen LogP contribution >= 0.6 is 0 Å². The van der Waals surface area contributed by atoms with Gasteiger partial charge in [0, 0.05) is 6.54 Å². The zero-order valence-electron chi connectivity index (χ0n) is 7.54. The summed E-state index contributed by atoms with van der Waals surface area (Å²) in [5.41, 5.74) is 6.57. The highest BCUT2D eigenvalue weighted by atomic mass is 28.4. The van der Waals surface area contributed by atoms with Gasteiger partial charge in [-0.15, -0.1) is 0 Å². The van der Waals surface area contributed by atoms with Crippen LogP contribution in [0.5, 0.6) is 0 Å². The van der Waals surface area contributed by atoms with E-state index in [1.165, 1.54) is 0 Å². The fourth-order valence-corrected chi connectivity index (χ4v) is 2.03. The van der Waals surface area contributed by atoms with Crippen molar-refractivity contribution in [1.82, 2.24) is 0 Å². The maximum atomic E-state index is 9.76. The van der Waals surface area contributed by atoms with Gasteiger partial charge in [-0.1, -0.05) is 24.3 Å². The summed E-state index contributed by atoms with van der Waals surface area (Å²) < 4.78 is 0. The smallest absolute Gasteiger partial charge is 0.213 e. The van der Waals surface area contributed by atoms with Crippen LogP contribution in [0.15, 0.2) is 24.3 Å². The van der Waals surface area contributed by atoms with Gasteiger partial charge in [-0.25, -0.2) is 0 Å². The van der Waals surface area contributed by atoms with Crippen molar-refractivity contribution in [1.29, 1.82) is 0 Å². The summed E-state index contributed by atoms with van der Waals surface area (Å²) in [5.74, 6) is 0. The molecule has 1 rings (SSSR count). The van der Waals surface area contributed by atoms with Crippen LogP contribution in [0.4, 0.5) is 0 Å². The SMILES string of the molecule is C[Si](C)(O)c1ccc(CN)cc1. The number of rotatable bonds is 2. The van der Waals surface area contributed by atoms with Gasteiger partial charge in [-0.2, -0.15) is 0 Å². The molecule has 0 spiro atoms. The van der Waals surface area contributed by atoms with Crippen molar-refractivity contribution < 1.29 is 4.80 Å². The predicted octanol–water partition coefficient (Wildman–Crippen LogP) is 0.550. The van der Waals surface area contributed by atoms with Crippen molar-refractivity contribution in [2.45, 2.75) is 19.6 Å². The highest BCUT2D eigenvalue weighted by molar-refractivity contribution is 6.83. The number of hydrogen-bond acceptors (Lipinski definition) is 2. The van der Waals surface area contributed by atoms with E-state index in [0.717, 1.165) is 10.8 Å². The van der Waals surface area contributed by atoms with Crippen LogP contribution in [0.2, 0.25) is 13.1 Å². The molecule has 0 amide bonds. The van der Waals surface area contributed by atoms with E-state index in [1.54, 1.807) is 0 Å². The molecule has 0 fully saturated rings. The monoisotopic (exact) mass is 181 g/mol. The van der Waals surface area contributed by atoms with E-state index in [1.807, 2.05) is 37.4 Å². The summed E-state index contributed by atoms with van der Waals surface area (Å²) in [6, 6.07) is 7.88. The summed E-state index contributed by atoms with van der Waals surface area (Å²) in [6.45, 7) is 4.38. The Morgan fingerprint density at radius 2 is 1.75 bits per heavy atom. The van der Waals surface area contributed by atoms with Gasteiger partial charge in [-0.05, 0) is 23.8 Å². The quantitative estimate of drug-likeness (QED) is 0.655. The van der Waals surface area contributed by atoms with Gasteiger partial charge >= 0.3 is 0 Å². The molecule has 0 heterocycles. The lowest BCUT2D eigenvalue weighted by Gasteiger charge is -2.14. The fourth-order valence-electron chi connectivity index (χ4n) is 1.05. The van der Waals surface area contributed by atoms with Crippen LogP contribution in [0.25, 0.3) is 0 Å². The Bertz CT molecular complexity index is 250. The minimum atomic E-state index is -2.11. The maximum absolute atomic E-state index is 9.76. The minimum Gasteiger partial charge on any atom is -0.428 e. The molecule has 0 saturated carbocycles. The van der Waals surface area contributed by atoms with Crippen LogP contribution in [0.3, 0.4) is 0 Å². The van der Waals surface area contributed by atoms with E-state index < -0.39 is 8.32 Å². The van der Waals surface area contributed by atoms with Gasteiger partial charge in [0.2, 0.25) is 8.32 Å². The number of nitrogens with two attached hydrogens (primary N) is 1. The maximum Gasteiger partial charge on any atom is 0.213 e. The van der Waals surface area contributed by atoms with E-state index in [0.29, 0.717) is 6.54 Å². The Morgan fingerprint density at radius 1 is 1.25 bits per heavy atom. The molecule has 1 aromatic rings. The summed E-state index contributed by atoms with van der Waals surface area (Å²) in [4.78, 5) is 9.76. The van der Waals surface area contributed by atoms with E-state index in [-0.39, 0.29) is 0 Å². The zero-order chi connectivity index (χ0) is 9.19. The average Bonchev–Trinajstić information content (AvgIpc) is 2.03. The third kappa shape index (κ3) is 2.17. The predicted molar refractivity (Wildman–Crippen MR) is 53.7 cm³/mol. The highest BCUT2D eigenvalue weighted by Gasteiger charge is 2.19. The van der Waals surface area contributed by atoms with Crippen molar-refractivity contribution >= 4 is 13.5 Å². The van der Waals surface area contributed by atoms with E-state index in [9.17, 15) is 4.80 Å². The second kappa shape index (κ2) is 3.39. The summed E-state index contributed by atoms with van der Waals surface area (Å²) in [6.07, 6.45) is 0. The Labute approximate surface area is 74.2 Å². The molecule has 0 aromatic heterocycles. The van der Waals surface area contributed by atoms with Crippen LogP contribution in [-0.4, -0.2) is 13.1 Å². The normalized spacial score (nSPS) is 11.7. The first-order chi connectivity index (χ1) is 5.54. The molecule has 12 heavy (non-hydrogen) atoms. The van der Waals surface area contributed by atoms with E-state index >= 15 is 0 Å². The lowest BCUT2D eigenvalue weighted by Crippen LogP contribution is -2.41. The molecule has 66 valence electrons. The lowest BCUT2D eigenvalue weighted by atomic mass is 10.2. The van der Waals surface area contributed by atoms with Crippen molar-refractivity contribution in [3.05, 3.63) is 29.8 Å². The first-order valence-electron chi connectivity index (χ1n) is 4.06. The molecule has 0 unspecified atom stereocenters. The summed E-state index contributed by atoms with van der Waals surface area (Å²) in [5, 5.41) is 1.06. The molecule has 2 nitrogen and oxygen atoms in total. The molecular formula is C9H15NOSi. The van der Waals surface area contributed by atoms with Gasteiger partial charge < -0.3 is 10.5 Å². The van der Waals surface area contributed by atoms with Crippen molar-refractivity contribution in [3.8, 4) is 0 Å². The second-order valence-electron chi connectivity index (χ2n) is 3.46. The fraction of sp³-hybridized carbons (Fsp3) is 0.333. The molecule has 0 saturated heterocycles. The Balaban J connectivity index is 2.93. The van der Waals surface area contributed by atoms with Crippen LogP contribution in [0.1, 0.15) is 5.56 Å². The second-order valence-corrected chi connectivity index (χ2v) is 7.16. The Kier molecular flexibility index (Phi) is 2.67. The molecule has 0 bridgehead atoms. The minimum absolute atomic E-state index is 0.563. The third-order valence-corrected chi connectivity index (χ3v) is 3.64. The highest BCUT2D eigenvalue weighted by Crippen LogP contribution is 2.01. The molecule has 0 aliphatic heterocycles. The molecule has 0 radical (unpaired) electrons. The molecule has 1 aromatic carbocycles. The van der Waals surface area contributed by atoms with Crippen molar-refractivity contribution in [3.63, 3.8) is 0 Å². The van der Waals surface area contributed by atoms with Gasteiger partial charge in [0.25, 0.3) is 0 Å². The first kappa shape index (κ1) is 9.44. The summed E-state index contributed by atoms with van der Waals surface area (Å²) in [7, 11) is -2.11. The lowest BCUT2D eigenvalue weighted by molar-refractivity contribution is 0.568. The molecule has 0 atom stereocenters. The van der Waals surface area contributed by atoms with Gasteiger partial charge in [-0.3, -0.25) is 0 Å². The number of hydrogen-bond donors (Lipinski definition) is 2. The van der Waals surface area contributed by atoms with Gasteiger partial charge in [0.1, 0.15) is 0 Å². The van der Waals surface area contributed by atoms with Crippen molar-refractivity contribution in [2.24, 2.45) is 5.73 Å². The number of benzene rings is 1. The Morgan fingerprint density at radius 3 is 2.08 bits per heavy atom. The van der Waals surface area contributed by atoms with E-state index in [2.05, 4.69) is 0 Å². The van der Waals surface area contributed by atoms with Crippen LogP contribution < -0.4 is 10.9 Å². The first-order valence-corrected chi connectivity index (χ1v) is 7.00. The van der Waals surface area contributed by atoms with Gasteiger partial charge in [0.05, 0.1) is 0 Å². The van der Waals surface area contributed by atoms with Crippen LogP contribution in [0, 0.1) is 0 Å². The summed E-state index contributed by atoms with van der Waals surface area (Å²) >= 11 is 0. The molecule has 0 aliphatic carbocycles. The zero-order valence-corrected chi connectivity index (χ0v) is 8.54. The van der Waals surface area contributed by atoms with Crippen LogP contribution in [-0.2, 0) is 6.54 Å². The third-order valence-electron chi connectivity index (χ3n) is 1.90. The largest absolute Gasteiger partial charge is 0.428 e. The average molecular weight is 181 g/mol. The van der Waals surface area contributed by atoms with Gasteiger partial charge in [0.15, 0.2) is 0 Å². The topological polar surface area (TPSA) is 46.2 Å². The Hall–Kier alpha value is -0.643. The molecule has 3 heteroatoms. The van der Waals surface area contributed by atoms with Crippen molar-refractivity contribution in [2.75, 3.05) is 0 Å². The standard InChI is InChI=1S/C9H15NOSi/c1-12(2,11)9-5-3-8(7-10)4-6-9/h3-6,11H,7,10H2,1-2H3.